The first-order valence-electron chi connectivity index (χ1n) is 7.47. The summed E-state index contributed by atoms with van der Waals surface area (Å²) in [5, 5.41) is 0.825. The molecule has 0 unspecified atom stereocenters. The number of hydrogen-bond donors (Lipinski definition) is 0. The van der Waals surface area contributed by atoms with Crippen molar-refractivity contribution in [2.75, 3.05) is 32.2 Å². The van der Waals surface area contributed by atoms with E-state index >= 15 is 0 Å². The molecule has 116 valence electrons. The van der Waals surface area contributed by atoms with Crippen LogP contribution in [-0.2, 0) is 9.47 Å². The summed E-state index contributed by atoms with van der Waals surface area (Å²) in [5.74, 6) is -0.335. The summed E-state index contributed by atoms with van der Waals surface area (Å²) in [6, 6.07) is 7.72. The minimum absolute atomic E-state index is 0.262. The maximum Gasteiger partial charge on any atom is 0.338 e. The van der Waals surface area contributed by atoms with Crippen molar-refractivity contribution in [3.8, 4) is 0 Å². The quantitative estimate of drug-likeness (QED) is 0.816. The van der Waals surface area contributed by atoms with Crippen molar-refractivity contribution in [2.45, 2.75) is 18.9 Å². The lowest BCUT2D eigenvalue weighted by Crippen LogP contribution is -2.39. The molecule has 0 aliphatic carbocycles. The summed E-state index contributed by atoms with van der Waals surface area (Å²) in [4.78, 5) is 18.6. The van der Waals surface area contributed by atoms with Gasteiger partial charge in [0.2, 0.25) is 0 Å². The number of esters is 1. The number of anilines is 1. The predicted molar refractivity (Wildman–Crippen MR) is 85.3 cm³/mol. The molecule has 5 heteroatoms. The van der Waals surface area contributed by atoms with Gasteiger partial charge in [-0.2, -0.15) is 0 Å². The third-order valence-electron chi connectivity index (χ3n) is 4.21. The Morgan fingerprint density at radius 2 is 2.18 bits per heavy atom. The van der Waals surface area contributed by atoms with E-state index in [0.717, 1.165) is 42.5 Å². The van der Waals surface area contributed by atoms with Gasteiger partial charge in [-0.15, -0.1) is 0 Å². The van der Waals surface area contributed by atoms with Crippen molar-refractivity contribution < 1.29 is 14.3 Å². The molecule has 1 aromatic heterocycles. The highest BCUT2D eigenvalue weighted by Gasteiger charge is 2.20. The summed E-state index contributed by atoms with van der Waals surface area (Å²) in [5.41, 5.74) is 2.44. The Hall–Kier alpha value is -2.14. The third kappa shape index (κ3) is 2.76. The van der Waals surface area contributed by atoms with Gasteiger partial charge in [0.25, 0.3) is 0 Å². The van der Waals surface area contributed by atoms with Crippen molar-refractivity contribution in [2.24, 2.45) is 0 Å². The van der Waals surface area contributed by atoms with Crippen LogP contribution in [0.15, 0.2) is 30.5 Å². The summed E-state index contributed by atoms with van der Waals surface area (Å²) < 4.78 is 10.3. The lowest BCUT2D eigenvalue weighted by molar-refractivity contribution is 0.0603. The van der Waals surface area contributed by atoms with Gasteiger partial charge in [0.05, 0.1) is 24.3 Å². The summed E-state index contributed by atoms with van der Waals surface area (Å²) >= 11 is 0. The molecule has 5 nitrogen and oxygen atoms in total. The van der Waals surface area contributed by atoms with Crippen LogP contribution in [-0.4, -0.2) is 44.4 Å². The molecule has 0 N–H and O–H groups in total. The van der Waals surface area contributed by atoms with E-state index in [2.05, 4.69) is 16.0 Å². The Bertz CT molecular complexity index is 687. The number of pyridine rings is 1. The van der Waals surface area contributed by atoms with Gasteiger partial charge >= 0.3 is 5.97 Å². The molecule has 1 aliphatic rings. The second-order valence-corrected chi connectivity index (χ2v) is 5.50. The van der Waals surface area contributed by atoms with E-state index in [1.165, 1.54) is 7.11 Å². The zero-order valence-corrected chi connectivity index (χ0v) is 12.9. The highest BCUT2D eigenvalue weighted by Crippen LogP contribution is 2.26. The number of benzene rings is 1. The third-order valence-corrected chi connectivity index (χ3v) is 4.21. The molecule has 1 saturated heterocycles. The van der Waals surface area contributed by atoms with E-state index in [0.29, 0.717) is 5.56 Å². The largest absolute Gasteiger partial charge is 0.465 e. The van der Waals surface area contributed by atoms with Gasteiger partial charge in [0.1, 0.15) is 0 Å². The fourth-order valence-electron chi connectivity index (χ4n) is 2.98. The molecule has 0 bridgehead atoms. The smallest absolute Gasteiger partial charge is 0.338 e. The van der Waals surface area contributed by atoms with Crippen LogP contribution < -0.4 is 4.90 Å². The molecule has 2 heterocycles. The minimum atomic E-state index is -0.335. The Balaban J connectivity index is 1.99. The number of ether oxygens (including phenoxy) is 2. The maximum atomic E-state index is 11.9. The molecule has 1 fully saturated rings. The lowest BCUT2D eigenvalue weighted by atomic mass is 10.0. The zero-order chi connectivity index (χ0) is 15.5. The van der Waals surface area contributed by atoms with Crippen LogP contribution in [0.1, 0.15) is 23.2 Å². The number of aromatic nitrogens is 1. The predicted octanol–water partition coefficient (Wildman–Crippen LogP) is 2.64. The van der Waals surface area contributed by atoms with E-state index in [1.807, 2.05) is 12.1 Å². The number of piperidine rings is 1. The van der Waals surface area contributed by atoms with Crippen molar-refractivity contribution in [3.63, 3.8) is 0 Å². The van der Waals surface area contributed by atoms with Crippen LogP contribution in [0.3, 0.4) is 0 Å². The van der Waals surface area contributed by atoms with Gasteiger partial charge in [-0.25, -0.2) is 4.79 Å². The Morgan fingerprint density at radius 3 is 2.95 bits per heavy atom. The van der Waals surface area contributed by atoms with Crippen molar-refractivity contribution in [1.29, 1.82) is 0 Å². The molecular weight excluding hydrogens is 280 g/mol. The lowest BCUT2D eigenvalue weighted by Gasteiger charge is -2.33. The van der Waals surface area contributed by atoms with Crippen molar-refractivity contribution >= 4 is 22.6 Å². The number of nitrogens with zero attached hydrogens (tertiary/aromatic N) is 2. The fraction of sp³-hybridized carbons (Fsp3) is 0.412. The highest BCUT2D eigenvalue weighted by atomic mass is 16.5. The van der Waals surface area contributed by atoms with Gasteiger partial charge in [-0.05, 0) is 37.1 Å². The average Bonchev–Trinajstić information content (AvgIpc) is 2.60. The monoisotopic (exact) mass is 300 g/mol. The molecule has 0 saturated carbocycles. The SMILES string of the molecule is COC(=O)c1ccnc2ccc(N3CCC[C@H](OC)C3)cc12. The number of methoxy groups -OCH3 is 2. The molecule has 3 rings (SSSR count). The molecule has 0 spiro atoms. The van der Waals surface area contributed by atoms with E-state index < -0.39 is 0 Å². The van der Waals surface area contributed by atoms with Gasteiger partial charge in [0.15, 0.2) is 0 Å². The zero-order valence-electron chi connectivity index (χ0n) is 12.9. The second-order valence-electron chi connectivity index (χ2n) is 5.50. The topological polar surface area (TPSA) is 51.7 Å². The first-order chi connectivity index (χ1) is 10.7. The Kier molecular flexibility index (Phi) is 4.24. The van der Waals surface area contributed by atoms with Gasteiger partial charge < -0.3 is 14.4 Å². The highest BCUT2D eigenvalue weighted by molar-refractivity contribution is 6.04. The van der Waals surface area contributed by atoms with Crippen LogP contribution >= 0.6 is 0 Å². The van der Waals surface area contributed by atoms with Crippen LogP contribution in [0, 0.1) is 0 Å². The number of carbonyl (C=O) groups excluding carboxylic acids is 1. The molecule has 2 aromatic rings. The fourth-order valence-corrected chi connectivity index (χ4v) is 2.98. The number of fused-ring (bicyclic) bond motifs is 1. The first-order valence-corrected chi connectivity index (χ1v) is 7.47. The number of carbonyl (C=O) groups is 1. The van der Waals surface area contributed by atoms with Crippen molar-refractivity contribution in [1.82, 2.24) is 4.98 Å². The Morgan fingerprint density at radius 1 is 1.32 bits per heavy atom. The second kappa shape index (κ2) is 6.32. The standard InChI is InChI=1S/C17H20N2O3/c1-21-13-4-3-9-19(11-13)12-5-6-16-15(10-12)14(7-8-18-16)17(20)22-2/h5-8,10,13H,3-4,9,11H2,1-2H3/t13-/m0/s1. The van der Waals surface area contributed by atoms with Gasteiger partial charge in [0, 0.05) is 37.5 Å². The molecular formula is C17H20N2O3. The van der Waals surface area contributed by atoms with E-state index in [9.17, 15) is 4.79 Å². The minimum Gasteiger partial charge on any atom is -0.465 e. The van der Waals surface area contributed by atoms with Gasteiger partial charge in [-0.3, -0.25) is 4.98 Å². The van der Waals surface area contributed by atoms with Crippen LogP contribution in [0.5, 0.6) is 0 Å². The van der Waals surface area contributed by atoms with E-state index in [-0.39, 0.29) is 12.1 Å². The molecule has 1 atom stereocenters. The summed E-state index contributed by atoms with van der Waals surface area (Å²) in [7, 11) is 3.15. The van der Waals surface area contributed by atoms with Crippen LogP contribution in [0.4, 0.5) is 5.69 Å². The first kappa shape index (κ1) is 14.8. The molecule has 0 amide bonds. The molecule has 22 heavy (non-hydrogen) atoms. The van der Waals surface area contributed by atoms with Crippen LogP contribution in [0.2, 0.25) is 0 Å². The average molecular weight is 300 g/mol. The van der Waals surface area contributed by atoms with E-state index in [1.54, 1.807) is 19.4 Å². The summed E-state index contributed by atoms with van der Waals surface area (Å²) in [6.07, 6.45) is 4.09. The maximum absolute atomic E-state index is 11.9. The van der Waals surface area contributed by atoms with E-state index in [4.69, 9.17) is 9.47 Å². The summed E-state index contributed by atoms with van der Waals surface area (Å²) in [6.45, 7) is 1.87. The van der Waals surface area contributed by atoms with Gasteiger partial charge in [-0.1, -0.05) is 0 Å². The Labute approximate surface area is 129 Å². The molecule has 1 aromatic carbocycles. The van der Waals surface area contributed by atoms with Crippen molar-refractivity contribution in [3.05, 3.63) is 36.0 Å². The normalized spacial score (nSPS) is 18.5. The van der Waals surface area contributed by atoms with Crippen LogP contribution in [0.25, 0.3) is 10.9 Å². The molecule has 0 radical (unpaired) electrons. The molecule has 1 aliphatic heterocycles. The number of hydrogen-bond acceptors (Lipinski definition) is 5. The number of rotatable bonds is 3.